The first-order chi connectivity index (χ1) is 8.10. The molecule has 100 valence electrons. The van der Waals surface area contributed by atoms with Gasteiger partial charge in [0.25, 0.3) is 0 Å². The molecule has 3 nitrogen and oxygen atoms in total. The van der Waals surface area contributed by atoms with Crippen molar-refractivity contribution in [3.05, 3.63) is 0 Å². The van der Waals surface area contributed by atoms with Crippen molar-refractivity contribution < 1.29 is 0 Å². The van der Waals surface area contributed by atoms with Crippen LogP contribution in [0.4, 0.5) is 0 Å². The zero-order valence-electron chi connectivity index (χ0n) is 11.3. The number of hydrazine groups is 1. The monoisotopic (exact) mass is 257 g/mol. The molecule has 2 saturated heterocycles. The van der Waals surface area contributed by atoms with Gasteiger partial charge in [-0.3, -0.25) is 0 Å². The quantitative estimate of drug-likeness (QED) is 0.809. The Morgan fingerprint density at radius 2 is 1.94 bits per heavy atom. The van der Waals surface area contributed by atoms with Gasteiger partial charge in [0.2, 0.25) is 0 Å². The second-order valence-electron chi connectivity index (χ2n) is 6.13. The first-order valence-electron chi connectivity index (χ1n) is 6.90. The molecular weight excluding hydrogens is 230 g/mol. The van der Waals surface area contributed by atoms with Crippen LogP contribution < -0.4 is 11.2 Å². The summed E-state index contributed by atoms with van der Waals surface area (Å²) in [6, 6.07) is 0. The maximum atomic E-state index is 6.13. The second kappa shape index (κ2) is 5.47. The lowest BCUT2D eigenvalue weighted by Crippen LogP contribution is -2.68. The average Bonchev–Trinajstić information content (AvgIpc) is 2.33. The Kier molecular flexibility index (Phi) is 4.40. The van der Waals surface area contributed by atoms with Crippen LogP contribution >= 0.6 is 11.8 Å². The predicted molar refractivity (Wildman–Crippen MR) is 76.1 cm³/mol. The third-order valence-electron chi connectivity index (χ3n) is 4.59. The Balaban J connectivity index is 2.06. The van der Waals surface area contributed by atoms with E-state index in [-0.39, 0.29) is 5.54 Å². The van der Waals surface area contributed by atoms with Crippen LogP contribution in [-0.4, -0.2) is 41.7 Å². The summed E-state index contributed by atoms with van der Waals surface area (Å²) >= 11 is 2.05. The van der Waals surface area contributed by atoms with E-state index in [1.54, 1.807) is 0 Å². The zero-order valence-corrected chi connectivity index (χ0v) is 12.1. The van der Waals surface area contributed by atoms with Crippen LogP contribution in [0.2, 0.25) is 0 Å². The fourth-order valence-electron chi connectivity index (χ4n) is 2.88. The SMILES string of the molecule is CC1(C)CCSCC1(CN)NN1CCCCC1. The first-order valence-corrected chi connectivity index (χ1v) is 8.06. The fourth-order valence-corrected chi connectivity index (χ4v) is 4.60. The van der Waals surface area contributed by atoms with Gasteiger partial charge in [-0.2, -0.15) is 11.8 Å². The van der Waals surface area contributed by atoms with Crippen LogP contribution in [-0.2, 0) is 0 Å². The molecule has 1 unspecified atom stereocenters. The molecule has 0 radical (unpaired) electrons. The van der Waals surface area contributed by atoms with Gasteiger partial charge in [0.05, 0.1) is 5.54 Å². The van der Waals surface area contributed by atoms with Crippen LogP contribution in [0.5, 0.6) is 0 Å². The third-order valence-corrected chi connectivity index (χ3v) is 5.78. The second-order valence-corrected chi connectivity index (χ2v) is 7.24. The zero-order chi connectivity index (χ0) is 12.4. The summed E-state index contributed by atoms with van der Waals surface area (Å²) in [5.41, 5.74) is 10.3. The molecule has 3 N–H and O–H groups in total. The summed E-state index contributed by atoms with van der Waals surface area (Å²) in [5.74, 6) is 2.42. The Labute approximate surface area is 110 Å². The molecule has 0 aromatic rings. The van der Waals surface area contributed by atoms with Gasteiger partial charge in [-0.05, 0) is 30.4 Å². The molecule has 0 amide bonds. The van der Waals surface area contributed by atoms with Crippen molar-refractivity contribution in [3.8, 4) is 0 Å². The molecule has 2 heterocycles. The van der Waals surface area contributed by atoms with Crippen molar-refractivity contribution in [2.24, 2.45) is 11.1 Å². The largest absolute Gasteiger partial charge is 0.329 e. The predicted octanol–water partition coefficient (Wildman–Crippen LogP) is 1.84. The van der Waals surface area contributed by atoms with E-state index in [1.165, 1.54) is 44.5 Å². The van der Waals surface area contributed by atoms with Crippen molar-refractivity contribution in [1.82, 2.24) is 10.4 Å². The molecule has 2 fully saturated rings. The number of hydrogen-bond acceptors (Lipinski definition) is 4. The highest BCUT2D eigenvalue weighted by atomic mass is 32.2. The molecule has 1 atom stereocenters. The van der Waals surface area contributed by atoms with Gasteiger partial charge in [-0.15, -0.1) is 0 Å². The number of piperidine rings is 1. The summed E-state index contributed by atoms with van der Waals surface area (Å²) in [6.45, 7) is 7.85. The van der Waals surface area contributed by atoms with Crippen molar-refractivity contribution >= 4 is 11.8 Å². The highest BCUT2D eigenvalue weighted by Crippen LogP contribution is 2.42. The normalized spacial score (nSPS) is 34.8. The van der Waals surface area contributed by atoms with Crippen molar-refractivity contribution in [3.63, 3.8) is 0 Å². The smallest absolute Gasteiger partial charge is 0.0589 e. The molecule has 17 heavy (non-hydrogen) atoms. The van der Waals surface area contributed by atoms with Gasteiger partial charge >= 0.3 is 0 Å². The maximum absolute atomic E-state index is 6.13. The molecule has 0 aromatic heterocycles. The molecule has 4 heteroatoms. The number of hydrogen-bond donors (Lipinski definition) is 2. The van der Waals surface area contributed by atoms with E-state index < -0.39 is 0 Å². The van der Waals surface area contributed by atoms with Crippen LogP contribution in [0.15, 0.2) is 0 Å². The Hall–Kier alpha value is 0.230. The van der Waals surface area contributed by atoms with Crippen molar-refractivity contribution in [1.29, 1.82) is 0 Å². The van der Waals surface area contributed by atoms with Gasteiger partial charge in [0.1, 0.15) is 0 Å². The molecule has 2 rings (SSSR count). The van der Waals surface area contributed by atoms with E-state index in [0.29, 0.717) is 5.41 Å². The lowest BCUT2D eigenvalue weighted by molar-refractivity contribution is 0.0226. The number of nitrogens with zero attached hydrogens (tertiary/aromatic N) is 1. The highest BCUT2D eigenvalue weighted by Gasteiger charge is 2.47. The molecule has 0 aliphatic carbocycles. The van der Waals surface area contributed by atoms with Crippen LogP contribution in [0.25, 0.3) is 0 Å². The molecule has 2 aliphatic heterocycles. The highest BCUT2D eigenvalue weighted by molar-refractivity contribution is 7.99. The Bertz CT molecular complexity index is 251. The first kappa shape index (κ1) is 13.7. The van der Waals surface area contributed by atoms with Gasteiger partial charge < -0.3 is 5.73 Å². The van der Waals surface area contributed by atoms with Gasteiger partial charge in [0, 0.05) is 25.4 Å². The molecule has 0 bridgehead atoms. The minimum absolute atomic E-state index is 0.0905. The molecule has 0 spiro atoms. The van der Waals surface area contributed by atoms with Crippen molar-refractivity contribution in [2.75, 3.05) is 31.1 Å². The van der Waals surface area contributed by atoms with E-state index >= 15 is 0 Å². The van der Waals surface area contributed by atoms with E-state index in [1.807, 2.05) is 11.8 Å². The van der Waals surface area contributed by atoms with Crippen LogP contribution in [0.3, 0.4) is 0 Å². The Morgan fingerprint density at radius 1 is 1.24 bits per heavy atom. The maximum Gasteiger partial charge on any atom is 0.0589 e. The summed E-state index contributed by atoms with van der Waals surface area (Å²) in [6.07, 6.45) is 5.28. The third kappa shape index (κ3) is 2.80. The molecule has 0 aromatic carbocycles. The molecule has 0 saturated carbocycles. The van der Waals surface area contributed by atoms with Crippen LogP contribution in [0.1, 0.15) is 39.5 Å². The van der Waals surface area contributed by atoms with Gasteiger partial charge in [0.15, 0.2) is 0 Å². The number of nitrogens with two attached hydrogens (primary N) is 1. The van der Waals surface area contributed by atoms with E-state index in [9.17, 15) is 0 Å². The minimum atomic E-state index is 0.0905. The van der Waals surface area contributed by atoms with E-state index in [0.717, 1.165) is 12.3 Å². The number of thioether (sulfide) groups is 1. The van der Waals surface area contributed by atoms with Gasteiger partial charge in [-0.1, -0.05) is 20.3 Å². The lowest BCUT2D eigenvalue weighted by Gasteiger charge is -2.52. The number of rotatable bonds is 3. The minimum Gasteiger partial charge on any atom is -0.329 e. The summed E-state index contributed by atoms with van der Waals surface area (Å²) in [7, 11) is 0. The van der Waals surface area contributed by atoms with Crippen LogP contribution in [0, 0.1) is 5.41 Å². The van der Waals surface area contributed by atoms with E-state index in [4.69, 9.17) is 5.73 Å². The van der Waals surface area contributed by atoms with Gasteiger partial charge in [-0.25, -0.2) is 10.4 Å². The molecule has 2 aliphatic rings. The lowest BCUT2D eigenvalue weighted by atomic mass is 9.71. The molecular formula is C13H27N3S. The number of nitrogens with one attached hydrogen (secondary N) is 1. The fraction of sp³-hybridized carbons (Fsp3) is 1.00. The summed E-state index contributed by atoms with van der Waals surface area (Å²) < 4.78 is 0. The van der Waals surface area contributed by atoms with Crippen molar-refractivity contribution in [2.45, 2.75) is 45.1 Å². The average molecular weight is 257 g/mol. The standard InChI is InChI=1S/C13H27N3S/c1-12(2)6-9-17-11-13(12,10-14)15-16-7-4-3-5-8-16/h15H,3-11,14H2,1-2H3. The Morgan fingerprint density at radius 3 is 2.53 bits per heavy atom. The summed E-state index contributed by atoms with van der Waals surface area (Å²) in [4.78, 5) is 0. The summed E-state index contributed by atoms with van der Waals surface area (Å²) in [5, 5.41) is 2.42. The topological polar surface area (TPSA) is 41.3 Å². The van der Waals surface area contributed by atoms with E-state index in [2.05, 4.69) is 24.3 Å².